The van der Waals surface area contributed by atoms with Crippen molar-refractivity contribution in [1.29, 1.82) is 0 Å². The van der Waals surface area contributed by atoms with E-state index in [1.807, 2.05) is 46.4 Å². The van der Waals surface area contributed by atoms with Crippen LogP contribution in [0.3, 0.4) is 0 Å². The van der Waals surface area contributed by atoms with Crippen molar-refractivity contribution in [1.82, 2.24) is 25.8 Å². The molecule has 3 aromatic carbocycles. The number of hydrogen-bond donors (Lipinski definition) is 7. The molecule has 376 valence electrons. The number of benzene rings is 3. The number of nitrogens with zero attached hydrogens (tertiary/aromatic N) is 3. The highest BCUT2D eigenvalue weighted by molar-refractivity contribution is 8.18. The summed E-state index contributed by atoms with van der Waals surface area (Å²) in [7, 11) is 7.99. The van der Waals surface area contributed by atoms with Crippen molar-refractivity contribution in [2.75, 3.05) is 124 Å². The molecule has 0 saturated carbocycles. The van der Waals surface area contributed by atoms with Gasteiger partial charge in [0.1, 0.15) is 23.0 Å². The van der Waals surface area contributed by atoms with Gasteiger partial charge >= 0.3 is 18.0 Å². The summed E-state index contributed by atoms with van der Waals surface area (Å²) in [5.41, 5.74) is 2.09. The maximum absolute atomic E-state index is 13.2. The number of rotatable bonds is 30. The number of carbonyl (C=O) groups is 4. The van der Waals surface area contributed by atoms with E-state index in [4.69, 9.17) is 23.7 Å². The Kier molecular flexibility index (Phi) is 25.0. The molecule has 0 radical (unpaired) electrons. The molecule has 3 aromatic rings. The molecule has 1 aliphatic heterocycles. The maximum Gasteiger partial charge on any atom is 0.344 e. The topological polar surface area (TPSA) is 234 Å². The average Bonchev–Trinajstić information content (AvgIpc) is 3.61. The number of phenols is 1. The molecule has 0 bridgehead atoms. The molecule has 20 heteroatoms. The van der Waals surface area contributed by atoms with Crippen molar-refractivity contribution in [3.63, 3.8) is 0 Å². The molecule has 5 amide bonds. The highest BCUT2D eigenvalue weighted by Crippen LogP contribution is 2.41. The number of anilines is 2. The predicted octanol–water partition coefficient (Wildman–Crippen LogP) is 6.37. The number of aliphatic hydroxyl groups excluding tert-OH is 1. The third-order valence-corrected chi connectivity index (χ3v) is 10.8. The fraction of sp³-hybridized carbons (Fsp3) is 0.449. The van der Waals surface area contributed by atoms with E-state index in [0.717, 1.165) is 50.5 Å². The van der Waals surface area contributed by atoms with Crippen LogP contribution >= 0.6 is 11.8 Å². The van der Waals surface area contributed by atoms with E-state index in [1.165, 1.54) is 6.07 Å². The van der Waals surface area contributed by atoms with Crippen LogP contribution in [0.15, 0.2) is 88.0 Å². The maximum atomic E-state index is 13.2. The number of thioether (sulfide) groups is 1. The lowest BCUT2D eigenvalue weighted by molar-refractivity contribution is -0.138. The summed E-state index contributed by atoms with van der Waals surface area (Å²) in [6, 6.07) is 17.7. The van der Waals surface area contributed by atoms with Crippen LogP contribution in [0, 0.1) is 0 Å². The van der Waals surface area contributed by atoms with E-state index >= 15 is 0 Å². The van der Waals surface area contributed by atoms with Gasteiger partial charge in [-0.05, 0) is 128 Å². The van der Waals surface area contributed by atoms with Gasteiger partial charge in [0.05, 0.1) is 56.8 Å². The molecule has 0 unspecified atom stereocenters. The highest BCUT2D eigenvalue weighted by atomic mass is 32.2. The summed E-state index contributed by atoms with van der Waals surface area (Å²) in [6.45, 7) is 6.69. The number of unbranched alkanes of at least 4 members (excludes halogenated alkanes) is 2. The standard InChI is InChI=1S/C49H68N8O11S/c1-6-67-47(61)43-44(59)42(69-46(43)53-37-14-8-7-9-15-37)31-35-16-17-41(40(58)30-35)68-29-28-66-27-26-65-25-24-64-23-20-50-45(60)36-32-38(54-48(62)51-18-10-12-21-56(2)3)34-39(33-36)55-49(63)52-19-11-13-22-57(4)5/h7-9,14-17,30-34,58-59H,6,10-13,18-29H2,1-5H3,(H,50,60)(H2,51,54,62)(H2,52,55,63)/b42-31-,53-46?. The molecule has 4 rings (SSSR count). The first-order valence-electron chi connectivity index (χ1n) is 23.0. The SMILES string of the molecule is CCOC(=O)C1=C(O)/C(=C/c2ccc(OCCOCCOCCOCCNC(=O)c3cc(NC(=O)NCCCCN(C)C)cc(NC(=O)NCCCCN(C)C)c3)c(O)c2)SC1=Nc1ccccc1. The molecule has 0 saturated heterocycles. The molecule has 0 spiro atoms. The van der Waals surface area contributed by atoms with E-state index < -0.39 is 23.9 Å². The van der Waals surface area contributed by atoms with Crippen molar-refractivity contribution in [3.05, 3.63) is 94.1 Å². The number of aromatic hydroxyl groups is 1. The first-order valence-corrected chi connectivity index (χ1v) is 23.8. The number of amides is 5. The predicted molar refractivity (Wildman–Crippen MR) is 270 cm³/mol. The van der Waals surface area contributed by atoms with Crippen LogP contribution in [0.4, 0.5) is 26.7 Å². The second-order valence-electron chi connectivity index (χ2n) is 16.1. The molecular formula is C49H68N8O11S. The Morgan fingerprint density at radius 3 is 1.83 bits per heavy atom. The number of carbonyl (C=O) groups excluding carboxylic acids is 4. The van der Waals surface area contributed by atoms with E-state index in [0.29, 0.717) is 65.5 Å². The van der Waals surface area contributed by atoms with Gasteiger partial charge in [-0.1, -0.05) is 36.0 Å². The van der Waals surface area contributed by atoms with Crippen molar-refractivity contribution < 1.29 is 53.1 Å². The number of phenolic OH excluding ortho intramolecular Hbond substituents is 1. The monoisotopic (exact) mass is 976 g/mol. The molecular weight excluding hydrogens is 909 g/mol. The number of para-hydroxylation sites is 1. The van der Waals surface area contributed by atoms with Crippen LogP contribution in [0.5, 0.6) is 11.5 Å². The lowest BCUT2D eigenvalue weighted by Crippen LogP contribution is -2.31. The zero-order chi connectivity index (χ0) is 49.8. The highest BCUT2D eigenvalue weighted by Gasteiger charge is 2.33. The van der Waals surface area contributed by atoms with Gasteiger partial charge in [-0.2, -0.15) is 0 Å². The number of urea groups is 2. The molecule has 1 aliphatic rings. The van der Waals surface area contributed by atoms with Crippen LogP contribution in [0.2, 0.25) is 0 Å². The number of aliphatic hydroxyl groups is 1. The van der Waals surface area contributed by atoms with Gasteiger partial charge in [-0.15, -0.1) is 0 Å². The Morgan fingerprint density at radius 1 is 0.681 bits per heavy atom. The van der Waals surface area contributed by atoms with Crippen LogP contribution in [0.25, 0.3) is 6.08 Å². The number of nitrogens with one attached hydrogen (secondary N) is 5. The smallest absolute Gasteiger partial charge is 0.344 e. The van der Waals surface area contributed by atoms with Crippen molar-refractivity contribution >= 4 is 63.9 Å². The van der Waals surface area contributed by atoms with Crippen LogP contribution < -0.4 is 31.3 Å². The van der Waals surface area contributed by atoms with E-state index in [9.17, 15) is 29.4 Å². The summed E-state index contributed by atoms with van der Waals surface area (Å²) >= 11 is 1.12. The van der Waals surface area contributed by atoms with Crippen molar-refractivity contribution in [3.8, 4) is 11.5 Å². The van der Waals surface area contributed by atoms with Gasteiger partial charge in [0, 0.05) is 36.6 Å². The van der Waals surface area contributed by atoms with Crippen LogP contribution in [-0.4, -0.2) is 163 Å². The quantitative estimate of drug-likeness (QED) is 0.0284. The van der Waals surface area contributed by atoms with Gasteiger partial charge in [0.25, 0.3) is 5.91 Å². The number of aliphatic imine (C=N–C) groups is 1. The van der Waals surface area contributed by atoms with Crippen LogP contribution in [-0.2, 0) is 23.7 Å². The minimum absolute atomic E-state index is 0.0209. The molecule has 69 heavy (non-hydrogen) atoms. The Labute approximate surface area is 409 Å². The minimum Gasteiger partial charge on any atom is -0.506 e. The normalized spacial score (nSPS) is 13.6. The third kappa shape index (κ3) is 21.4. The first-order chi connectivity index (χ1) is 33.3. The summed E-state index contributed by atoms with van der Waals surface area (Å²) in [4.78, 5) is 60.2. The Hall–Kier alpha value is -6.16. The molecule has 0 fully saturated rings. The van der Waals surface area contributed by atoms with Crippen molar-refractivity contribution in [2.24, 2.45) is 4.99 Å². The van der Waals surface area contributed by atoms with Gasteiger partial charge in [0.2, 0.25) is 0 Å². The zero-order valence-corrected chi connectivity index (χ0v) is 41.1. The molecule has 0 atom stereocenters. The summed E-state index contributed by atoms with van der Waals surface area (Å²) in [5, 5.41) is 35.9. The number of esters is 1. The largest absolute Gasteiger partial charge is 0.506 e. The summed E-state index contributed by atoms with van der Waals surface area (Å²) < 4.78 is 27.6. The van der Waals surface area contributed by atoms with Crippen LogP contribution in [0.1, 0.15) is 48.5 Å². The molecule has 19 nitrogen and oxygen atoms in total. The summed E-state index contributed by atoms with van der Waals surface area (Å²) in [6.07, 6.45) is 5.13. The molecule has 7 N–H and O–H groups in total. The van der Waals surface area contributed by atoms with E-state index in [2.05, 4.69) is 41.4 Å². The van der Waals surface area contributed by atoms with Gasteiger partial charge in [0.15, 0.2) is 11.5 Å². The molecule has 1 heterocycles. The molecule has 0 aliphatic carbocycles. The number of ether oxygens (including phenoxy) is 5. The second kappa shape index (κ2) is 31.1. The fourth-order valence-electron chi connectivity index (χ4n) is 6.36. The third-order valence-electron chi connectivity index (χ3n) is 9.75. The molecule has 0 aromatic heterocycles. The minimum atomic E-state index is -0.680. The Morgan fingerprint density at radius 2 is 1.26 bits per heavy atom. The van der Waals surface area contributed by atoms with E-state index in [-0.39, 0.29) is 68.0 Å². The zero-order valence-electron chi connectivity index (χ0n) is 40.3. The fourth-order valence-corrected chi connectivity index (χ4v) is 7.40. The second-order valence-corrected chi connectivity index (χ2v) is 17.1. The van der Waals surface area contributed by atoms with Gasteiger partial charge in [-0.3, -0.25) is 4.79 Å². The first kappa shape index (κ1) is 55.4. The summed E-state index contributed by atoms with van der Waals surface area (Å²) in [5.74, 6) is -1.21. The lowest BCUT2D eigenvalue weighted by Gasteiger charge is -2.14. The Balaban J connectivity index is 1.13. The number of hydrogen-bond acceptors (Lipinski definition) is 15. The van der Waals surface area contributed by atoms with E-state index in [1.54, 1.807) is 55.5 Å². The average molecular weight is 977 g/mol. The van der Waals surface area contributed by atoms with Gasteiger partial charge in [-0.25, -0.2) is 19.4 Å². The van der Waals surface area contributed by atoms with Crippen molar-refractivity contribution in [2.45, 2.75) is 32.6 Å². The van der Waals surface area contributed by atoms with Gasteiger partial charge < -0.3 is 70.3 Å². The Bertz CT molecular complexity index is 2150. The lowest BCUT2D eigenvalue weighted by atomic mass is 10.1.